The third-order valence-corrected chi connectivity index (χ3v) is 4.20. The minimum atomic E-state index is 0.771. The van der Waals surface area contributed by atoms with E-state index in [1.54, 1.807) is 14.2 Å². The first-order valence-corrected chi connectivity index (χ1v) is 9.35. The van der Waals surface area contributed by atoms with E-state index in [1.165, 1.54) is 25.7 Å². The smallest absolute Gasteiger partial charge is 0.119 e. The molecule has 2 aromatic carbocycles. The van der Waals surface area contributed by atoms with Crippen molar-refractivity contribution < 1.29 is 18.9 Å². The molecule has 0 saturated heterocycles. The van der Waals surface area contributed by atoms with Gasteiger partial charge < -0.3 is 18.9 Å². The van der Waals surface area contributed by atoms with Crippen LogP contribution in [0.5, 0.6) is 23.0 Å². The van der Waals surface area contributed by atoms with Crippen molar-refractivity contribution in [2.75, 3.05) is 27.4 Å². The van der Waals surface area contributed by atoms with Crippen molar-refractivity contribution in [2.24, 2.45) is 0 Å². The van der Waals surface area contributed by atoms with Gasteiger partial charge in [-0.25, -0.2) is 0 Å². The van der Waals surface area contributed by atoms with Crippen LogP contribution in [0.3, 0.4) is 0 Å². The van der Waals surface area contributed by atoms with Gasteiger partial charge in [0.05, 0.1) is 27.4 Å². The molecule has 0 saturated carbocycles. The maximum absolute atomic E-state index is 5.73. The van der Waals surface area contributed by atoms with Crippen molar-refractivity contribution >= 4 is 0 Å². The highest BCUT2D eigenvalue weighted by Gasteiger charge is 1.97. The summed E-state index contributed by atoms with van der Waals surface area (Å²) < 4.78 is 21.7. The second-order valence-electron chi connectivity index (χ2n) is 6.17. The van der Waals surface area contributed by atoms with Gasteiger partial charge in [0.2, 0.25) is 0 Å². The van der Waals surface area contributed by atoms with Crippen LogP contribution in [-0.2, 0) is 0 Å². The minimum absolute atomic E-state index is 0.771. The van der Waals surface area contributed by atoms with Crippen molar-refractivity contribution in [2.45, 2.75) is 38.5 Å². The number of methoxy groups -OCH3 is 2. The largest absolute Gasteiger partial charge is 0.497 e. The van der Waals surface area contributed by atoms with Crippen LogP contribution in [-0.4, -0.2) is 27.4 Å². The molecule has 0 spiro atoms. The molecule has 0 aromatic heterocycles. The molecule has 0 heterocycles. The van der Waals surface area contributed by atoms with Crippen LogP contribution in [0.15, 0.2) is 48.5 Å². The summed E-state index contributed by atoms with van der Waals surface area (Å²) in [6.45, 7) is 1.54. The Bertz CT molecular complexity index is 537. The van der Waals surface area contributed by atoms with Crippen molar-refractivity contribution in [3.8, 4) is 23.0 Å². The summed E-state index contributed by atoms with van der Waals surface area (Å²) in [6.07, 6.45) is 7.08. The van der Waals surface area contributed by atoms with Gasteiger partial charge in [-0.3, -0.25) is 0 Å². The predicted molar refractivity (Wildman–Crippen MR) is 105 cm³/mol. The zero-order valence-corrected chi connectivity index (χ0v) is 15.9. The number of hydrogen-bond donors (Lipinski definition) is 0. The first-order chi connectivity index (χ1) is 12.8. The number of rotatable bonds is 13. The lowest BCUT2D eigenvalue weighted by atomic mass is 10.1. The Morgan fingerprint density at radius 3 is 1.12 bits per heavy atom. The highest BCUT2D eigenvalue weighted by molar-refractivity contribution is 5.31. The molecule has 0 N–H and O–H groups in total. The van der Waals surface area contributed by atoms with Crippen LogP contribution in [0, 0.1) is 0 Å². The summed E-state index contributed by atoms with van der Waals surface area (Å²) in [5.41, 5.74) is 0. The third kappa shape index (κ3) is 7.68. The summed E-state index contributed by atoms with van der Waals surface area (Å²) in [5, 5.41) is 0. The second kappa shape index (κ2) is 12.1. The van der Waals surface area contributed by atoms with Crippen LogP contribution in [0.4, 0.5) is 0 Å². The molecule has 26 heavy (non-hydrogen) atoms. The summed E-state index contributed by atoms with van der Waals surface area (Å²) >= 11 is 0. The molecule has 0 aliphatic carbocycles. The maximum atomic E-state index is 5.73. The number of hydrogen-bond acceptors (Lipinski definition) is 4. The van der Waals surface area contributed by atoms with Gasteiger partial charge in [-0.1, -0.05) is 25.7 Å². The van der Waals surface area contributed by atoms with Crippen molar-refractivity contribution in [1.82, 2.24) is 0 Å². The summed E-state index contributed by atoms with van der Waals surface area (Å²) in [5.74, 6) is 3.52. The van der Waals surface area contributed by atoms with Crippen molar-refractivity contribution in [1.29, 1.82) is 0 Å². The molecule has 2 rings (SSSR count). The van der Waals surface area contributed by atoms with Crippen LogP contribution in [0.25, 0.3) is 0 Å². The minimum Gasteiger partial charge on any atom is -0.497 e. The molecule has 0 unspecified atom stereocenters. The van der Waals surface area contributed by atoms with Gasteiger partial charge in [-0.05, 0) is 61.4 Å². The summed E-state index contributed by atoms with van der Waals surface area (Å²) in [6, 6.07) is 15.5. The SMILES string of the molecule is COc1ccc(OCCCCCCCCOc2ccc(OC)cc2)cc1. The van der Waals surface area contributed by atoms with Gasteiger partial charge in [0.15, 0.2) is 0 Å². The number of benzene rings is 2. The predicted octanol–water partition coefficient (Wildman–Crippen LogP) is 5.50. The maximum Gasteiger partial charge on any atom is 0.119 e. The van der Waals surface area contributed by atoms with E-state index in [0.717, 1.165) is 49.1 Å². The Labute approximate surface area is 157 Å². The molecule has 0 fully saturated rings. The van der Waals surface area contributed by atoms with Crippen LogP contribution >= 0.6 is 0 Å². The van der Waals surface area contributed by atoms with Gasteiger partial charge in [0.25, 0.3) is 0 Å². The van der Waals surface area contributed by atoms with E-state index < -0.39 is 0 Å². The van der Waals surface area contributed by atoms with E-state index in [2.05, 4.69) is 0 Å². The Hall–Kier alpha value is -2.36. The molecule has 2 aromatic rings. The van der Waals surface area contributed by atoms with Gasteiger partial charge in [-0.2, -0.15) is 0 Å². The normalized spacial score (nSPS) is 10.4. The van der Waals surface area contributed by atoms with Crippen molar-refractivity contribution in [3.63, 3.8) is 0 Å². The highest BCUT2D eigenvalue weighted by Crippen LogP contribution is 2.18. The molecule has 0 radical (unpaired) electrons. The van der Waals surface area contributed by atoms with Crippen molar-refractivity contribution in [3.05, 3.63) is 48.5 Å². The van der Waals surface area contributed by atoms with E-state index in [4.69, 9.17) is 18.9 Å². The Morgan fingerprint density at radius 2 is 0.769 bits per heavy atom. The van der Waals surface area contributed by atoms with Crippen LogP contribution < -0.4 is 18.9 Å². The number of ether oxygens (including phenoxy) is 4. The Kier molecular flexibility index (Phi) is 9.26. The quantitative estimate of drug-likeness (QED) is 0.443. The van der Waals surface area contributed by atoms with Gasteiger partial charge >= 0.3 is 0 Å². The fourth-order valence-corrected chi connectivity index (χ4v) is 2.64. The summed E-state index contributed by atoms with van der Waals surface area (Å²) in [4.78, 5) is 0. The number of unbranched alkanes of at least 4 members (excludes halogenated alkanes) is 5. The van der Waals surface area contributed by atoms with Crippen LogP contribution in [0.1, 0.15) is 38.5 Å². The fourth-order valence-electron chi connectivity index (χ4n) is 2.64. The van der Waals surface area contributed by atoms with E-state index >= 15 is 0 Å². The Morgan fingerprint density at radius 1 is 0.462 bits per heavy atom. The lowest BCUT2D eigenvalue weighted by Crippen LogP contribution is -1.98. The molecule has 0 bridgehead atoms. The molecule has 0 atom stereocenters. The lowest BCUT2D eigenvalue weighted by Gasteiger charge is -2.08. The first kappa shape index (κ1) is 20.0. The highest BCUT2D eigenvalue weighted by atomic mass is 16.5. The van der Waals surface area contributed by atoms with E-state index in [1.807, 2.05) is 48.5 Å². The van der Waals surface area contributed by atoms with Gasteiger partial charge in [-0.15, -0.1) is 0 Å². The molecular weight excluding hydrogens is 328 g/mol. The molecule has 0 amide bonds. The van der Waals surface area contributed by atoms with E-state index in [0.29, 0.717) is 0 Å². The fraction of sp³-hybridized carbons (Fsp3) is 0.455. The van der Waals surface area contributed by atoms with Crippen LogP contribution in [0.2, 0.25) is 0 Å². The van der Waals surface area contributed by atoms with E-state index in [9.17, 15) is 0 Å². The van der Waals surface area contributed by atoms with Gasteiger partial charge in [0, 0.05) is 0 Å². The standard InChI is InChI=1S/C22H30O4/c1-23-19-9-13-21(14-10-19)25-17-7-5-3-4-6-8-18-26-22-15-11-20(24-2)12-16-22/h9-16H,3-8,17-18H2,1-2H3. The average Bonchev–Trinajstić information content (AvgIpc) is 2.70. The van der Waals surface area contributed by atoms with E-state index in [-0.39, 0.29) is 0 Å². The third-order valence-electron chi connectivity index (χ3n) is 4.20. The second-order valence-corrected chi connectivity index (χ2v) is 6.17. The lowest BCUT2D eigenvalue weighted by molar-refractivity contribution is 0.296. The Balaban J connectivity index is 1.41. The average molecular weight is 358 g/mol. The monoisotopic (exact) mass is 358 g/mol. The van der Waals surface area contributed by atoms with Gasteiger partial charge in [0.1, 0.15) is 23.0 Å². The molecule has 4 heteroatoms. The zero-order chi connectivity index (χ0) is 18.5. The molecular formula is C22H30O4. The molecule has 4 nitrogen and oxygen atoms in total. The zero-order valence-electron chi connectivity index (χ0n) is 15.9. The topological polar surface area (TPSA) is 36.9 Å². The molecule has 142 valence electrons. The summed E-state index contributed by atoms with van der Waals surface area (Å²) in [7, 11) is 3.34. The molecule has 0 aliphatic rings. The first-order valence-electron chi connectivity index (χ1n) is 9.35. The molecule has 0 aliphatic heterocycles.